The van der Waals surface area contributed by atoms with Crippen molar-refractivity contribution in [1.29, 1.82) is 0 Å². The van der Waals surface area contributed by atoms with Crippen molar-refractivity contribution in [2.24, 2.45) is 0 Å². The number of amides is 2. The van der Waals surface area contributed by atoms with Gasteiger partial charge in [-0.15, -0.1) is 6.58 Å². The van der Waals surface area contributed by atoms with Gasteiger partial charge in [-0.05, 0) is 48.7 Å². The van der Waals surface area contributed by atoms with Gasteiger partial charge >= 0.3 is 0 Å². The number of nitrogens with one attached hydrogen (secondary N) is 2. The zero-order valence-corrected chi connectivity index (χ0v) is 20.7. The van der Waals surface area contributed by atoms with Gasteiger partial charge in [-0.3, -0.25) is 9.59 Å². The summed E-state index contributed by atoms with van der Waals surface area (Å²) in [5, 5.41) is 2.74. The predicted molar refractivity (Wildman–Crippen MR) is 132 cm³/mol. The summed E-state index contributed by atoms with van der Waals surface area (Å²) in [6, 6.07) is 13.1. The van der Waals surface area contributed by atoms with Crippen LogP contribution in [0.5, 0.6) is 5.75 Å². The summed E-state index contributed by atoms with van der Waals surface area (Å²) < 4.78 is 31.8. The molecule has 0 unspecified atom stereocenters. The summed E-state index contributed by atoms with van der Waals surface area (Å²) >= 11 is 0. The van der Waals surface area contributed by atoms with Gasteiger partial charge in [0.25, 0.3) is 0 Å². The third-order valence-electron chi connectivity index (χ3n) is 5.30. The molecule has 2 aromatic rings. The molecule has 0 aromatic heterocycles. The first-order valence-corrected chi connectivity index (χ1v) is 12.6. The van der Waals surface area contributed by atoms with E-state index in [2.05, 4.69) is 16.6 Å². The molecular formula is C25H33N3O5S. The minimum atomic E-state index is -3.53. The van der Waals surface area contributed by atoms with E-state index in [1.807, 2.05) is 24.3 Å². The van der Waals surface area contributed by atoms with Crippen molar-refractivity contribution in [3.8, 4) is 5.75 Å². The van der Waals surface area contributed by atoms with Crippen LogP contribution in [0.4, 0.5) is 0 Å². The highest BCUT2D eigenvalue weighted by Crippen LogP contribution is 2.17. The standard InChI is InChI=1S/C25H33N3O5S/c1-5-17-26-25(30)19(3)28(18-21-7-12-22(33-4)13-8-21)24(29)16-11-20-9-14-23(15-10-20)34(31,32)27-6-2/h5,7-10,12-15,19,27H,1,6,11,16-18H2,2-4H3,(H,26,30)/t19-/m1/s1. The number of carbonyl (C=O) groups excluding carboxylic acids is 2. The fourth-order valence-electron chi connectivity index (χ4n) is 3.33. The zero-order valence-electron chi connectivity index (χ0n) is 19.9. The maximum atomic E-state index is 13.2. The highest BCUT2D eigenvalue weighted by atomic mass is 32.2. The quantitative estimate of drug-likeness (QED) is 0.423. The SMILES string of the molecule is C=CCNC(=O)[C@@H](C)N(Cc1ccc(OC)cc1)C(=O)CCc1ccc(S(=O)(=O)NCC)cc1. The lowest BCUT2D eigenvalue weighted by Gasteiger charge is -2.29. The third kappa shape index (κ3) is 7.71. The van der Waals surface area contributed by atoms with E-state index in [1.165, 1.54) is 12.1 Å². The first-order valence-electron chi connectivity index (χ1n) is 11.1. The predicted octanol–water partition coefficient (Wildman–Crippen LogP) is 2.65. The van der Waals surface area contributed by atoms with E-state index in [0.717, 1.165) is 11.1 Å². The van der Waals surface area contributed by atoms with E-state index in [0.29, 0.717) is 25.3 Å². The molecule has 0 saturated heterocycles. The largest absolute Gasteiger partial charge is 0.497 e. The number of rotatable bonds is 13. The number of aryl methyl sites for hydroxylation is 1. The van der Waals surface area contributed by atoms with E-state index in [1.54, 1.807) is 44.1 Å². The van der Waals surface area contributed by atoms with E-state index >= 15 is 0 Å². The fourth-order valence-corrected chi connectivity index (χ4v) is 4.38. The molecule has 0 heterocycles. The summed E-state index contributed by atoms with van der Waals surface area (Å²) in [5.74, 6) is 0.263. The van der Waals surface area contributed by atoms with Gasteiger partial charge in [0, 0.05) is 26.1 Å². The zero-order chi connectivity index (χ0) is 25.1. The number of carbonyl (C=O) groups is 2. The van der Waals surface area contributed by atoms with Gasteiger partial charge in [-0.2, -0.15) is 0 Å². The average molecular weight is 488 g/mol. The number of hydrogen-bond donors (Lipinski definition) is 2. The highest BCUT2D eigenvalue weighted by Gasteiger charge is 2.25. The third-order valence-corrected chi connectivity index (χ3v) is 6.86. The van der Waals surface area contributed by atoms with Crippen molar-refractivity contribution < 1.29 is 22.7 Å². The molecule has 0 saturated carbocycles. The maximum Gasteiger partial charge on any atom is 0.242 e. The Morgan fingerprint density at radius 3 is 2.26 bits per heavy atom. The van der Waals surface area contributed by atoms with Crippen molar-refractivity contribution in [3.63, 3.8) is 0 Å². The van der Waals surface area contributed by atoms with Gasteiger partial charge in [-0.1, -0.05) is 37.3 Å². The molecule has 0 fully saturated rings. The highest BCUT2D eigenvalue weighted by molar-refractivity contribution is 7.89. The number of sulfonamides is 1. The Bertz CT molecular complexity index is 1070. The second kappa shape index (κ2) is 12.9. The average Bonchev–Trinajstić information content (AvgIpc) is 2.84. The van der Waals surface area contributed by atoms with Gasteiger partial charge in [0.15, 0.2) is 0 Å². The number of nitrogens with zero attached hydrogens (tertiary/aromatic N) is 1. The van der Waals surface area contributed by atoms with E-state index in [9.17, 15) is 18.0 Å². The van der Waals surface area contributed by atoms with Crippen LogP contribution in [0.3, 0.4) is 0 Å². The van der Waals surface area contributed by atoms with Crippen LogP contribution in [0.25, 0.3) is 0 Å². The maximum absolute atomic E-state index is 13.2. The lowest BCUT2D eigenvalue weighted by molar-refractivity contribution is -0.140. The first kappa shape index (κ1) is 27.1. The van der Waals surface area contributed by atoms with Crippen LogP contribution in [-0.4, -0.2) is 51.4 Å². The van der Waals surface area contributed by atoms with Crippen LogP contribution >= 0.6 is 0 Å². The monoisotopic (exact) mass is 487 g/mol. The summed E-state index contributed by atoms with van der Waals surface area (Å²) in [5.41, 5.74) is 1.70. The molecule has 184 valence electrons. The summed E-state index contributed by atoms with van der Waals surface area (Å²) in [4.78, 5) is 27.5. The second-order valence-corrected chi connectivity index (χ2v) is 9.49. The normalized spacial score (nSPS) is 12.0. The van der Waals surface area contributed by atoms with Crippen molar-refractivity contribution in [2.45, 2.75) is 44.2 Å². The lowest BCUT2D eigenvalue weighted by Crippen LogP contribution is -2.47. The molecule has 0 aliphatic carbocycles. The van der Waals surface area contributed by atoms with Crippen LogP contribution in [0.2, 0.25) is 0 Å². The lowest BCUT2D eigenvalue weighted by atomic mass is 10.1. The van der Waals surface area contributed by atoms with E-state index in [-0.39, 0.29) is 29.7 Å². The molecule has 0 spiro atoms. The summed E-state index contributed by atoms with van der Waals surface area (Å²) in [7, 11) is -1.94. The first-order chi connectivity index (χ1) is 16.2. The Labute approximate surface area is 202 Å². The number of hydrogen-bond acceptors (Lipinski definition) is 5. The molecule has 2 amide bonds. The number of methoxy groups -OCH3 is 1. The van der Waals surface area contributed by atoms with Crippen LogP contribution in [0.1, 0.15) is 31.4 Å². The van der Waals surface area contributed by atoms with Crippen LogP contribution in [0.15, 0.2) is 66.1 Å². The molecule has 0 aliphatic rings. The Balaban J connectivity index is 2.13. The van der Waals surface area contributed by atoms with Crippen LogP contribution < -0.4 is 14.8 Å². The second-order valence-electron chi connectivity index (χ2n) is 7.72. The topological polar surface area (TPSA) is 105 Å². The van der Waals surface area contributed by atoms with Gasteiger partial charge in [0.1, 0.15) is 11.8 Å². The molecule has 2 N–H and O–H groups in total. The Kier molecular flexibility index (Phi) is 10.3. The molecular weight excluding hydrogens is 454 g/mol. The fraction of sp³-hybridized carbons (Fsp3) is 0.360. The molecule has 1 atom stereocenters. The molecule has 8 nitrogen and oxygen atoms in total. The molecule has 9 heteroatoms. The molecule has 2 aromatic carbocycles. The van der Waals surface area contributed by atoms with Crippen molar-refractivity contribution in [1.82, 2.24) is 14.9 Å². The summed E-state index contributed by atoms with van der Waals surface area (Å²) in [6.45, 7) is 7.90. The molecule has 2 rings (SSSR count). The Morgan fingerprint density at radius 1 is 1.09 bits per heavy atom. The van der Waals surface area contributed by atoms with Gasteiger partial charge in [0.05, 0.1) is 12.0 Å². The van der Waals surface area contributed by atoms with E-state index < -0.39 is 16.1 Å². The molecule has 0 radical (unpaired) electrons. The molecule has 0 aliphatic heterocycles. The van der Waals surface area contributed by atoms with Crippen LogP contribution in [-0.2, 0) is 32.6 Å². The van der Waals surface area contributed by atoms with Crippen molar-refractivity contribution in [3.05, 3.63) is 72.3 Å². The van der Waals surface area contributed by atoms with E-state index in [4.69, 9.17) is 4.74 Å². The smallest absolute Gasteiger partial charge is 0.242 e. The van der Waals surface area contributed by atoms with Gasteiger partial charge < -0.3 is 15.0 Å². The molecule has 34 heavy (non-hydrogen) atoms. The molecule has 0 bridgehead atoms. The van der Waals surface area contributed by atoms with Crippen molar-refractivity contribution in [2.75, 3.05) is 20.2 Å². The number of benzene rings is 2. The minimum Gasteiger partial charge on any atom is -0.497 e. The van der Waals surface area contributed by atoms with Crippen molar-refractivity contribution >= 4 is 21.8 Å². The Hall–Kier alpha value is -3.17. The Morgan fingerprint density at radius 2 is 1.71 bits per heavy atom. The van der Waals surface area contributed by atoms with Gasteiger partial charge in [0.2, 0.25) is 21.8 Å². The minimum absolute atomic E-state index is 0.175. The van der Waals surface area contributed by atoms with Gasteiger partial charge in [-0.25, -0.2) is 13.1 Å². The van der Waals surface area contributed by atoms with Crippen LogP contribution in [0, 0.1) is 0 Å². The number of ether oxygens (including phenoxy) is 1. The summed E-state index contributed by atoms with van der Waals surface area (Å²) in [6.07, 6.45) is 2.18.